The SMILES string of the molecule is CN(C)[C@@H]1C(=O)C(C(N)=O)C(=O)[C@@]2(O)C(=O)C3C(=O)c4c(ccc(NC(=O)CNOCc5ccccc5)c4O)CC3CC12. The molecule has 13 heteroatoms. The maximum atomic E-state index is 13.9. The van der Waals surface area contributed by atoms with E-state index >= 15 is 0 Å². The summed E-state index contributed by atoms with van der Waals surface area (Å²) in [7, 11) is 3.04. The summed E-state index contributed by atoms with van der Waals surface area (Å²) in [5.41, 5.74) is 6.06. The minimum absolute atomic E-state index is 0.0439. The summed E-state index contributed by atoms with van der Waals surface area (Å²) < 4.78 is 0. The molecule has 0 aliphatic heterocycles. The molecule has 2 amide bonds. The number of anilines is 1. The van der Waals surface area contributed by atoms with Crippen LogP contribution in [-0.2, 0) is 41.8 Å². The maximum Gasteiger partial charge on any atom is 0.240 e. The van der Waals surface area contributed by atoms with Crippen LogP contribution >= 0.6 is 0 Å². The molecule has 3 aliphatic rings. The first-order valence-corrected chi connectivity index (χ1v) is 13.8. The highest BCUT2D eigenvalue weighted by atomic mass is 16.6. The van der Waals surface area contributed by atoms with Crippen LogP contribution in [0.15, 0.2) is 42.5 Å². The number of primary amides is 1. The van der Waals surface area contributed by atoms with Crippen LogP contribution in [0.25, 0.3) is 0 Å². The number of aromatic hydroxyl groups is 1. The maximum absolute atomic E-state index is 13.9. The number of hydrogen-bond acceptors (Lipinski definition) is 11. The highest BCUT2D eigenvalue weighted by Gasteiger charge is 2.69. The number of ketones is 4. The van der Waals surface area contributed by atoms with E-state index in [2.05, 4.69) is 10.8 Å². The number of amides is 2. The van der Waals surface area contributed by atoms with Crippen molar-refractivity contribution in [1.29, 1.82) is 0 Å². The number of hydroxylamine groups is 1. The molecular formula is C30H32N4O9. The molecule has 5 rings (SSSR count). The van der Waals surface area contributed by atoms with Gasteiger partial charge >= 0.3 is 0 Å². The van der Waals surface area contributed by atoms with Crippen molar-refractivity contribution in [2.75, 3.05) is 26.0 Å². The fourth-order valence-corrected chi connectivity index (χ4v) is 6.70. The van der Waals surface area contributed by atoms with E-state index in [1.165, 1.54) is 25.1 Å². The highest BCUT2D eigenvalue weighted by molar-refractivity contribution is 6.32. The summed E-state index contributed by atoms with van der Waals surface area (Å²) in [5.74, 6) is -12.0. The van der Waals surface area contributed by atoms with Crippen molar-refractivity contribution in [2.45, 2.75) is 31.1 Å². The van der Waals surface area contributed by atoms with Crippen LogP contribution in [0.4, 0.5) is 5.69 Å². The van der Waals surface area contributed by atoms with Gasteiger partial charge in [0.2, 0.25) is 11.8 Å². The van der Waals surface area contributed by atoms with Crippen molar-refractivity contribution >= 4 is 40.6 Å². The number of fused-ring (bicyclic) bond motifs is 3. The van der Waals surface area contributed by atoms with E-state index in [-0.39, 0.29) is 37.2 Å². The Labute approximate surface area is 246 Å². The molecule has 0 bridgehead atoms. The lowest BCUT2D eigenvalue weighted by atomic mass is 9.52. The number of aliphatic hydroxyl groups is 1. The highest BCUT2D eigenvalue weighted by Crippen LogP contribution is 2.51. The second-order valence-corrected chi connectivity index (χ2v) is 11.4. The number of hydrogen-bond donors (Lipinski definition) is 5. The van der Waals surface area contributed by atoms with Crippen LogP contribution in [-0.4, -0.2) is 82.3 Å². The molecule has 0 radical (unpaired) electrons. The molecule has 2 aromatic rings. The molecule has 3 aliphatic carbocycles. The molecule has 6 N–H and O–H groups in total. The zero-order valence-corrected chi connectivity index (χ0v) is 23.5. The van der Waals surface area contributed by atoms with E-state index in [1.54, 1.807) is 6.07 Å². The monoisotopic (exact) mass is 592 g/mol. The number of benzene rings is 2. The predicted octanol–water partition coefficient (Wildman–Crippen LogP) is -0.473. The van der Waals surface area contributed by atoms with Crippen LogP contribution in [0.2, 0.25) is 0 Å². The van der Waals surface area contributed by atoms with Gasteiger partial charge in [0.1, 0.15) is 12.3 Å². The van der Waals surface area contributed by atoms with Crippen LogP contribution in [0, 0.1) is 23.7 Å². The summed E-state index contributed by atoms with van der Waals surface area (Å²) >= 11 is 0. The van der Waals surface area contributed by atoms with Gasteiger partial charge in [-0.25, -0.2) is 0 Å². The van der Waals surface area contributed by atoms with Gasteiger partial charge in [-0.2, -0.15) is 5.48 Å². The van der Waals surface area contributed by atoms with Gasteiger partial charge in [-0.1, -0.05) is 36.4 Å². The van der Waals surface area contributed by atoms with E-state index in [0.717, 1.165) is 5.56 Å². The Morgan fingerprint density at radius 1 is 1.07 bits per heavy atom. The first-order valence-electron chi connectivity index (χ1n) is 13.8. The standard InChI is InChI=1S/C30H32N4O9/c1-34(2)23-17-11-16-10-15-8-9-18(33-19(35)12-32-43-13-14-6-4-3-5-7-14)24(36)20(15)25(37)21(16)27(39)30(17,42)28(40)22(26(23)38)29(31)41/h3-9,16-17,21-23,32,36,42H,10-13H2,1-2H3,(H2,31,41)(H,33,35)/t16?,17?,21?,22?,23-,30-/m0/s1. The van der Waals surface area contributed by atoms with E-state index in [4.69, 9.17) is 10.6 Å². The van der Waals surface area contributed by atoms with Gasteiger partial charge in [0.25, 0.3) is 0 Å². The second kappa shape index (κ2) is 11.4. The molecule has 0 saturated heterocycles. The molecule has 2 aromatic carbocycles. The fourth-order valence-electron chi connectivity index (χ4n) is 6.70. The van der Waals surface area contributed by atoms with E-state index in [1.807, 2.05) is 30.3 Å². The van der Waals surface area contributed by atoms with Crippen molar-refractivity contribution in [2.24, 2.45) is 29.4 Å². The Bertz CT molecular complexity index is 1520. The minimum atomic E-state index is -2.80. The van der Waals surface area contributed by atoms with Crippen molar-refractivity contribution in [3.63, 3.8) is 0 Å². The zero-order valence-electron chi connectivity index (χ0n) is 23.5. The molecule has 0 aromatic heterocycles. The Kier molecular flexibility index (Phi) is 8.01. The van der Waals surface area contributed by atoms with Crippen LogP contribution < -0.4 is 16.5 Å². The molecule has 2 fully saturated rings. The molecule has 226 valence electrons. The number of nitrogens with one attached hydrogen (secondary N) is 2. The summed E-state index contributed by atoms with van der Waals surface area (Å²) in [6.07, 6.45) is 0.0836. The molecule has 0 heterocycles. The Morgan fingerprint density at radius 2 is 1.77 bits per heavy atom. The van der Waals surface area contributed by atoms with E-state index in [9.17, 15) is 39.0 Å². The first kappa shape index (κ1) is 30.2. The largest absolute Gasteiger partial charge is 0.505 e. The minimum Gasteiger partial charge on any atom is -0.505 e. The second-order valence-electron chi connectivity index (χ2n) is 11.4. The van der Waals surface area contributed by atoms with Gasteiger partial charge in [-0.3, -0.25) is 38.5 Å². The Morgan fingerprint density at radius 3 is 2.42 bits per heavy atom. The molecule has 0 spiro atoms. The quantitative estimate of drug-likeness (QED) is 0.115. The van der Waals surface area contributed by atoms with Gasteiger partial charge in [0.15, 0.2) is 34.7 Å². The predicted molar refractivity (Wildman–Crippen MR) is 149 cm³/mol. The molecule has 6 atom stereocenters. The molecule has 43 heavy (non-hydrogen) atoms. The van der Waals surface area contributed by atoms with Crippen LogP contribution in [0.3, 0.4) is 0 Å². The topological polar surface area (TPSA) is 205 Å². The smallest absolute Gasteiger partial charge is 0.240 e. The summed E-state index contributed by atoms with van der Waals surface area (Å²) in [5, 5.41) is 25.2. The number of phenols is 1. The molecule has 4 unspecified atom stereocenters. The lowest BCUT2D eigenvalue weighted by Gasteiger charge is -2.52. The number of likely N-dealkylation sites (N-methyl/N-ethyl adjacent to an activating group) is 1. The molecule has 2 saturated carbocycles. The van der Waals surface area contributed by atoms with Gasteiger partial charge in [-0.05, 0) is 50.0 Å². The number of carbonyl (C=O) groups is 6. The number of phenolic OH excluding ortho intramolecular Hbond substituents is 1. The van der Waals surface area contributed by atoms with E-state index in [0.29, 0.717) is 5.56 Å². The van der Waals surface area contributed by atoms with Crippen LogP contribution in [0.5, 0.6) is 5.75 Å². The Hall–Kier alpha value is -4.30. The van der Waals surface area contributed by atoms with Crippen molar-refractivity contribution < 1.29 is 43.8 Å². The summed E-state index contributed by atoms with van der Waals surface area (Å²) in [4.78, 5) is 85.4. The third-order valence-electron chi connectivity index (χ3n) is 8.62. The first-order chi connectivity index (χ1) is 20.4. The average molecular weight is 593 g/mol. The van der Waals surface area contributed by atoms with Gasteiger partial charge in [0.05, 0.1) is 29.8 Å². The summed E-state index contributed by atoms with van der Waals surface area (Å²) in [6, 6.07) is 11.1. The lowest BCUT2D eigenvalue weighted by molar-refractivity contribution is -0.181. The third-order valence-corrected chi connectivity index (χ3v) is 8.62. The normalized spacial score (nSPS) is 28.2. The summed E-state index contributed by atoms with van der Waals surface area (Å²) in [6.45, 7) is -0.0630. The van der Waals surface area contributed by atoms with E-state index < -0.39 is 76.0 Å². The van der Waals surface area contributed by atoms with Crippen molar-refractivity contribution in [3.8, 4) is 5.75 Å². The van der Waals surface area contributed by atoms with Gasteiger partial charge in [0, 0.05) is 5.92 Å². The van der Waals surface area contributed by atoms with Crippen molar-refractivity contribution in [3.05, 3.63) is 59.2 Å². The number of nitrogens with zero attached hydrogens (tertiary/aromatic N) is 1. The molecular weight excluding hydrogens is 560 g/mol. The zero-order chi connectivity index (χ0) is 31.2. The fraction of sp³-hybridized carbons (Fsp3) is 0.400. The van der Waals surface area contributed by atoms with Gasteiger partial charge < -0.3 is 21.3 Å². The third kappa shape index (κ3) is 5.03. The number of carbonyl (C=O) groups excluding carboxylic acids is 6. The number of Topliss-reactive ketones (excluding diaryl/α,β-unsaturated/α-hetero) is 4. The number of rotatable bonds is 8. The van der Waals surface area contributed by atoms with Crippen LogP contribution in [0.1, 0.15) is 27.9 Å². The number of nitrogens with two attached hydrogens (primary N) is 1. The Balaban J connectivity index is 1.37. The lowest BCUT2D eigenvalue weighted by Crippen LogP contribution is -2.74. The van der Waals surface area contributed by atoms with Gasteiger partial charge in [-0.15, -0.1) is 0 Å². The van der Waals surface area contributed by atoms with Crippen molar-refractivity contribution in [1.82, 2.24) is 10.4 Å². The average Bonchev–Trinajstić information content (AvgIpc) is 2.95. The molecule has 13 nitrogen and oxygen atoms in total.